The van der Waals surface area contributed by atoms with Crippen molar-refractivity contribution in [2.45, 2.75) is 38.2 Å². The fourth-order valence-corrected chi connectivity index (χ4v) is 5.76. The average molecular weight is 455 g/mol. The van der Waals surface area contributed by atoms with E-state index >= 15 is 0 Å². The first-order chi connectivity index (χ1) is 15.4. The van der Waals surface area contributed by atoms with Gasteiger partial charge >= 0.3 is 5.97 Å². The van der Waals surface area contributed by atoms with E-state index in [1.165, 1.54) is 4.31 Å². The van der Waals surface area contributed by atoms with Gasteiger partial charge in [0.2, 0.25) is 10.0 Å². The molecule has 8 heteroatoms. The van der Waals surface area contributed by atoms with E-state index < -0.39 is 10.0 Å². The van der Waals surface area contributed by atoms with Crippen molar-refractivity contribution >= 4 is 16.0 Å². The van der Waals surface area contributed by atoms with Crippen molar-refractivity contribution in [3.8, 4) is 11.1 Å². The average Bonchev–Trinajstić information content (AvgIpc) is 3.17. The molecule has 1 aromatic heterocycles. The number of nitrogens with zero attached hydrogens (tertiary/aromatic N) is 2. The summed E-state index contributed by atoms with van der Waals surface area (Å²) in [6.45, 7) is 3.92. The molecule has 1 saturated heterocycles. The molecule has 2 aromatic carbocycles. The Bertz CT molecular complexity index is 1160. The van der Waals surface area contributed by atoms with Gasteiger partial charge in [0.05, 0.1) is 5.92 Å². The minimum Gasteiger partial charge on any atom is -0.461 e. The van der Waals surface area contributed by atoms with Crippen LogP contribution in [0.3, 0.4) is 0 Å². The fraction of sp³-hybridized carbons (Fsp3) is 0.333. The molecular formula is C24H26N2O5S. The number of hydrogen-bond donors (Lipinski definition) is 0. The standard InChI is InChI=1S/C24H26N2O5S/c1-17-23(18(2)31-25-17)32(28,29)26-14-12-22(13-15-26)24(27)30-16-19-8-10-21(11-9-19)20-6-4-3-5-7-20/h3-11,22H,12-16H2,1-2H3. The maximum absolute atomic E-state index is 12.9. The van der Waals surface area contributed by atoms with Crippen LogP contribution in [0.1, 0.15) is 29.9 Å². The lowest BCUT2D eigenvalue weighted by Gasteiger charge is -2.30. The van der Waals surface area contributed by atoms with Gasteiger partial charge in [-0.15, -0.1) is 0 Å². The van der Waals surface area contributed by atoms with Gasteiger partial charge < -0.3 is 9.26 Å². The van der Waals surface area contributed by atoms with Crippen LogP contribution < -0.4 is 0 Å². The Balaban J connectivity index is 1.30. The Morgan fingerprint density at radius 2 is 1.66 bits per heavy atom. The Morgan fingerprint density at radius 3 is 2.25 bits per heavy atom. The lowest BCUT2D eigenvalue weighted by molar-refractivity contribution is -0.151. The zero-order valence-corrected chi connectivity index (χ0v) is 19.0. The molecule has 1 aliphatic heterocycles. The highest BCUT2D eigenvalue weighted by Gasteiger charge is 2.35. The molecule has 3 aromatic rings. The van der Waals surface area contributed by atoms with Gasteiger partial charge in [-0.25, -0.2) is 8.42 Å². The van der Waals surface area contributed by atoms with Crippen LogP contribution in [-0.2, 0) is 26.2 Å². The number of piperidine rings is 1. The molecule has 4 rings (SSSR count). The maximum atomic E-state index is 12.9. The van der Waals surface area contributed by atoms with Crippen LogP contribution in [0.25, 0.3) is 11.1 Å². The van der Waals surface area contributed by atoms with Crippen molar-refractivity contribution in [1.82, 2.24) is 9.46 Å². The van der Waals surface area contributed by atoms with Gasteiger partial charge in [0.1, 0.15) is 17.2 Å². The molecule has 0 N–H and O–H groups in total. The molecule has 168 valence electrons. The molecule has 1 aliphatic rings. The van der Waals surface area contributed by atoms with E-state index in [1.54, 1.807) is 13.8 Å². The highest BCUT2D eigenvalue weighted by Crippen LogP contribution is 2.28. The second kappa shape index (κ2) is 9.26. The molecular weight excluding hydrogens is 428 g/mol. The van der Waals surface area contributed by atoms with Gasteiger partial charge in [-0.3, -0.25) is 4.79 Å². The summed E-state index contributed by atoms with van der Waals surface area (Å²) < 4.78 is 37.7. The molecule has 0 radical (unpaired) electrons. The Morgan fingerprint density at radius 1 is 1.03 bits per heavy atom. The third-order valence-corrected chi connectivity index (χ3v) is 7.94. The molecule has 2 heterocycles. The predicted octanol–water partition coefficient (Wildman–Crippen LogP) is 4.10. The van der Waals surface area contributed by atoms with Gasteiger partial charge in [-0.1, -0.05) is 59.8 Å². The molecule has 0 bridgehead atoms. The molecule has 0 saturated carbocycles. The lowest BCUT2D eigenvalue weighted by Crippen LogP contribution is -2.40. The molecule has 1 fully saturated rings. The number of rotatable bonds is 6. The fourth-order valence-electron chi connectivity index (χ4n) is 4.00. The van der Waals surface area contributed by atoms with Gasteiger partial charge in [-0.2, -0.15) is 4.31 Å². The van der Waals surface area contributed by atoms with E-state index in [0.717, 1.165) is 16.7 Å². The smallest absolute Gasteiger partial charge is 0.309 e. The zero-order valence-electron chi connectivity index (χ0n) is 18.2. The molecule has 7 nitrogen and oxygen atoms in total. The normalized spacial score (nSPS) is 15.6. The summed E-state index contributed by atoms with van der Waals surface area (Å²) in [6, 6.07) is 18.0. The van der Waals surface area contributed by atoms with Crippen molar-refractivity contribution in [2.24, 2.45) is 5.92 Å². The first-order valence-corrected chi connectivity index (χ1v) is 12.0. The minimum atomic E-state index is -3.69. The van der Waals surface area contributed by atoms with Crippen molar-refractivity contribution in [3.05, 3.63) is 71.6 Å². The van der Waals surface area contributed by atoms with Crippen LogP contribution in [0.2, 0.25) is 0 Å². The summed E-state index contributed by atoms with van der Waals surface area (Å²) in [4.78, 5) is 12.7. The van der Waals surface area contributed by atoms with Gasteiger partial charge in [-0.05, 0) is 43.4 Å². The highest BCUT2D eigenvalue weighted by molar-refractivity contribution is 7.89. The van der Waals surface area contributed by atoms with E-state index in [0.29, 0.717) is 18.5 Å². The monoisotopic (exact) mass is 454 g/mol. The van der Waals surface area contributed by atoms with E-state index in [-0.39, 0.29) is 42.2 Å². The topological polar surface area (TPSA) is 89.7 Å². The van der Waals surface area contributed by atoms with E-state index in [2.05, 4.69) is 5.16 Å². The quantitative estimate of drug-likeness (QED) is 0.521. The number of benzene rings is 2. The van der Waals surface area contributed by atoms with Crippen LogP contribution in [-0.4, -0.2) is 36.9 Å². The van der Waals surface area contributed by atoms with Crippen LogP contribution in [0, 0.1) is 19.8 Å². The number of carbonyl (C=O) groups is 1. The third kappa shape index (κ3) is 4.61. The summed E-state index contributed by atoms with van der Waals surface area (Å²) in [5.41, 5.74) is 3.50. The number of hydrogen-bond acceptors (Lipinski definition) is 6. The second-order valence-corrected chi connectivity index (χ2v) is 9.88. The van der Waals surface area contributed by atoms with Crippen LogP contribution in [0.4, 0.5) is 0 Å². The summed E-state index contributed by atoms with van der Waals surface area (Å²) in [7, 11) is -3.69. The Kier molecular flexibility index (Phi) is 6.43. The molecule has 0 atom stereocenters. The van der Waals surface area contributed by atoms with E-state index in [9.17, 15) is 13.2 Å². The number of ether oxygens (including phenoxy) is 1. The van der Waals surface area contributed by atoms with Crippen LogP contribution in [0.5, 0.6) is 0 Å². The SMILES string of the molecule is Cc1noc(C)c1S(=O)(=O)N1CCC(C(=O)OCc2ccc(-c3ccccc3)cc2)CC1. The highest BCUT2D eigenvalue weighted by atomic mass is 32.2. The molecule has 0 spiro atoms. The molecule has 0 aliphatic carbocycles. The number of esters is 1. The van der Waals surface area contributed by atoms with Gasteiger partial charge in [0.15, 0.2) is 5.76 Å². The number of aromatic nitrogens is 1. The van der Waals surface area contributed by atoms with Crippen LogP contribution >= 0.6 is 0 Å². The summed E-state index contributed by atoms with van der Waals surface area (Å²) in [6.07, 6.45) is 0.850. The first-order valence-electron chi connectivity index (χ1n) is 10.6. The lowest BCUT2D eigenvalue weighted by atomic mass is 9.98. The zero-order chi connectivity index (χ0) is 22.7. The van der Waals surface area contributed by atoms with Gasteiger partial charge in [0.25, 0.3) is 0 Å². The number of carbonyl (C=O) groups excluding carboxylic acids is 1. The predicted molar refractivity (Wildman–Crippen MR) is 119 cm³/mol. The van der Waals surface area contributed by atoms with Gasteiger partial charge in [0, 0.05) is 13.1 Å². The molecule has 0 unspecified atom stereocenters. The number of aryl methyl sites for hydroxylation is 2. The third-order valence-electron chi connectivity index (χ3n) is 5.80. The molecule has 0 amide bonds. The number of sulfonamides is 1. The Hall–Kier alpha value is -2.97. The molecule has 32 heavy (non-hydrogen) atoms. The summed E-state index contributed by atoms with van der Waals surface area (Å²) >= 11 is 0. The van der Waals surface area contributed by atoms with Crippen molar-refractivity contribution < 1.29 is 22.5 Å². The van der Waals surface area contributed by atoms with Crippen molar-refractivity contribution in [2.75, 3.05) is 13.1 Å². The van der Waals surface area contributed by atoms with Crippen molar-refractivity contribution in [3.63, 3.8) is 0 Å². The van der Waals surface area contributed by atoms with Crippen molar-refractivity contribution in [1.29, 1.82) is 0 Å². The summed E-state index contributed by atoms with van der Waals surface area (Å²) in [5.74, 6) is -0.316. The minimum absolute atomic E-state index is 0.123. The largest absolute Gasteiger partial charge is 0.461 e. The van der Waals surface area contributed by atoms with Crippen LogP contribution in [0.15, 0.2) is 64.0 Å². The second-order valence-electron chi connectivity index (χ2n) is 8.00. The maximum Gasteiger partial charge on any atom is 0.309 e. The Labute approximate surface area is 188 Å². The van der Waals surface area contributed by atoms with E-state index in [4.69, 9.17) is 9.26 Å². The van der Waals surface area contributed by atoms with E-state index in [1.807, 2.05) is 54.6 Å². The summed E-state index contributed by atoms with van der Waals surface area (Å²) in [5, 5.41) is 3.74. The first kappa shape index (κ1) is 22.2.